The van der Waals surface area contributed by atoms with E-state index in [1.165, 1.54) is 7.11 Å². The Labute approximate surface area is 128 Å². The summed E-state index contributed by atoms with van der Waals surface area (Å²) in [4.78, 5) is 24.9. The van der Waals surface area contributed by atoms with Crippen LogP contribution in [0, 0.1) is 0 Å². The van der Waals surface area contributed by atoms with Crippen LogP contribution in [0.25, 0.3) is 11.5 Å². The highest BCUT2D eigenvalue weighted by atomic mass is 16.5. The van der Waals surface area contributed by atoms with Crippen molar-refractivity contribution >= 4 is 5.97 Å². The monoisotopic (exact) mass is 302 g/mol. The fourth-order valence-corrected chi connectivity index (χ4v) is 2.56. The van der Waals surface area contributed by atoms with Crippen LogP contribution in [0.3, 0.4) is 0 Å². The molecule has 1 fully saturated rings. The molecule has 7 heteroatoms. The Morgan fingerprint density at radius 3 is 2.77 bits per heavy atom. The summed E-state index contributed by atoms with van der Waals surface area (Å²) in [6, 6.07) is 1.72. The third kappa shape index (κ3) is 2.85. The molecule has 2 aromatic rings. The Morgan fingerprint density at radius 1 is 1.36 bits per heavy atom. The van der Waals surface area contributed by atoms with Crippen LogP contribution in [0.15, 0.2) is 18.6 Å². The number of hydrogen-bond acceptors (Lipinski definition) is 6. The van der Waals surface area contributed by atoms with Gasteiger partial charge in [-0.1, -0.05) is 0 Å². The Kier molecular flexibility index (Phi) is 4.15. The van der Waals surface area contributed by atoms with Gasteiger partial charge in [0.1, 0.15) is 5.69 Å². The number of nitrogens with zero attached hydrogens (tertiary/aromatic N) is 4. The number of methoxy groups -OCH3 is 1. The van der Waals surface area contributed by atoms with E-state index in [1.54, 1.807) is 18.6 Å². The number of esters is 1. The van der Waals surface area contributed by atoms with Gasteiger partial charge < -0.3 is 14.0 Å². The molecule has 22 heavy (non-hydrogen) atoms. The molecule has 0 saturated carbocycles. The van der Waals surface area contributed by atoms with E-state index in [-0.39, 0.29) is 11.6 Å². The normalized spacial score (nSPS) is 15.7. The quantitative estimate of drug-likeness (QED) is 0.801. The summed E-state index contributed by atoms with van der Waals surface area (Å²) in [5.74, 6) is 0.302. The van der Waals surface area contributed by atoms with E-state index >= 15 is 0 Å². The predicted molar refractivity (Wildman–Crippen MR) is 78.4 cm³/mol. The van der Waals surface area contributed by atoms with Gasteiger partial charge in [-0.3, -0.25) is 0 Å². The summed E-state index contributed by atoms with van der Waals surface area (Å²) in [5.41, 5.74) is 1.89. The van der Waals surface area contributed by atoms with Crippen LogP contribution in [0.4, 0.5) is 0 Å². The molecule has 0 radical (unpaired) electrons. The molecule has 0 unspecified atom stereocenters. The highest BCUT2D eigenvalue weighted by Gasteiger charge is 2.22. The first-order valence-corrected chi connectivity index (χ1v) is 7.20. The zero-order valence-electron chi connectivity index (χ0n) is 12.7. The highest BCUT2D eigenvalue weighted by Crippen LogP contribution is 2.27. The van der Waals surface area contributed by atoms with Crippen molar-refractivity contribution in [2.24, 2.45) is 7.05 Å². The van der Waals surface area contributed by atoms with Crippen molar-refractivity contribution in [2.75, 3.05) is 20.3 Å². The molecule has 1 aliphatic rings. The Morgan fingerprint density at radius 2 is 2.14 bits per heavy atom. The minimum atomic E-state index is -0.459. The molecule has 3 heterocycles. The molecule has 7 nitrogen and oxygen atoms in total. The van der Waals surface area contributed by atoms with Gasteiger partial charge in [0.05, 0.1) is 19.6 Å². The fourth-order valence-electron chi connectivity index (χ4n) is 2.56. The lowest BCUT2D eigenvalue weighted by atomic mass is 9.95. The first-order valence-electron chi connectivity index (χ1n) is 7.20. The lowest BCUT2D eigenvalue weighted by Gasteiger charge is -2.22. The van der Waals surface area contributed by atoms with Gasteiger partial charge in [0, 0.05) is 31.9 Å². The van der Waals surface area contributed by atoms with Crippen LogP contribution in [0.2, 0.25) is 0 Å². The Bertz CT molecular complexity index is 677. The minimum absolute atomic E-state index is 0.270. The molecule has 0 bridgehead atoms. The number of carbonyl (C=O) groups is 1. The maximum absolute atomic E-state index is 11.9. The molecule has 2 aromatic heterocycles. The Balaban J connectivity index is 2.05. The van der Waals surface area contributed by atoms with Crippen LogP contribution in [-0.4, -0.2) is 45.8 Å². The molecule has 0 spiro atoms. The smallest absolute Gasteiger partial charge is 0.356 e. The van der Waals surface area contributed by atoms with Crippen molar-refractivity contribution < 1.29 is 14.3 Å². The van der Waals surface area contributed by atoms with Gasteiger partial charge in [-0.15, -0.1) is 0 Å². The molecular weight excluding hydrogens is 284 g/mol. The molecule has 0 amide bonds. The number of rotatable bonds is 3. The van der Waals surface area contributed by atoms with E-state index in [9.17, 15) is 4.79 Å². The second-order valence-electron chi connectivity index (χ2n) is 5.27. The zero-order valence-corrected chi connectivity index (χ0v) is 12.7. The number of aromatic nitrogens is 4. The van der Waals surface area contributed by atoms with Gasteiger partial charge in [-0.25, -0.2) is 19.7 Å². The van der Waals surface area contributed by atoms with Gasteiger partial charge in [-0.2, -0.15) is 0 Å². The number of hydrogen-bond donors (Lipinski definition) is 0. The van der Waals surface area contributed by atoms with Crippen molar-refractivity contribution in [3.05, 3.63) is 30.0 Å². The predicted octanol–water partition coefficient (Wildman–Crippen LogP) is 1.56. The van der Waals surface area contributed by atoms with E-state index in [0.29, 0.717) is 19.0 Å². The van der Waals surface area contributed by atoms with Crippen molar-refractivity contribution in [2.45, 2.75) is 18.8 Å². The second-order valence-corrected chi connectivity index (χ2v) is 5.27. The van der Waals surface area contributed by atoms with Crippen LogP contribution in [0.1, 0.15) is 34.9 Å². The summed E-state index contributed by atoms with van der Waals surface area (Å²) < 4.78 is 12.0. The lowest BCUT2D eigenvalue weighted by Crippen LogP contribution is -2.17. The summed E-state index contributed by atoms with van der Waals surface area (Å²) in [7, 11) is 3.22. The maximum Gasteiger partial charge on any atom is 0.356 e. The van der Waals surface area contributed by atoms with Gasteiger partial charge >= 0.3 is 5.97 Å². The first-order chi connectivity index (χ1) is 10.7. The molecule has 0 N–H and O–H groups in total. The van der Waals surface area contributed by atoms with E-state index in [0.717, 1.165) is 24.2 Å². The number of ether oxygens (including phenoxy) is 2. The van der Waals surface area contributed by atoms with Crippen molar-refractivity contribution in [1.29, 1.82) is 0 Å². The van der Waals surface area contributed by atoms with Gasteiger partial charge in [0.25, 0.3) is 0 Å². The summed E-state index contributed by atoms with van der Waals surface area (Å²) >= 11 is 0. The Hall–Kier alpha value is -2.28. The average molecular weight is 302 g/mol. The SMILES string of the molecule is COC(=O)c1cc(C2CCOCC2)nc(-c2cncn2C)n1. The van der Waals surface area contributed by atoms with Gasteiger partial charge in [0.15, 0.2) is 11.5 Å². The van der Waals surface area contributed by atoms with Gasteiger partial charge in [0.2, 0.25) is 0 Å². The van der Waals surface area contributed by atoms with E-state index in [1.807, 2.05) is 11.6 Å². The molecule has 1 saturated heterocycles. The van der Waals surface area contributed by atoms with Crippen LogP contribution >= 0.6 is 0 Å². The molecular formula is C15H18N4O3. The van der Waals surface area contributed by atoms with Crippen LogP contribution in [0.5, 0.6) is 0 Å². The molecule has 0 aliphatic carbocycles. The summed E-state index contributed by atoms with van der Waals surface area (Å²) in [6.07, 6.45) is 5.15. The summed E-state index contributed by atoms with van der Waals surface area (Å²) in [5, 5.41) is 0. The van der Waals surface area contributed by atoms with E-state index in [2.05, 4.69) is 15.0 Å². The van der Waals surface area contributed by atoms with Gasteiger partial charge in [-0.05, 0) is 18.9 Å². The topological polar surface area (TPSA) is 79.1 Å². The largest absolute Gasteiger partial charge is 0.464 e. The molecule has 3 rings (SSSR count). The average Bonchev–Trinajstić information content (AvgIpc) is 3.00. The molecule has 0 atom stereocenters. The summed E-state index contributed by atoms with van der Waals surface area (Å²) in [6.45, 7) is 1.42. The third-order valence-electron chi connectivity index (χ3n) is 3.83. The molecule has 1 aliphatic heterocycles. The highest BCUT2D eigenvalue weighted by molar-refractivity contribution is 5.87. The lowest BCUT2D eigenvalue weighted by molar-refractivity contribution is 0.0593. The van der Waals surface area contributed by atoms with Crippen LogP contribution in [-0.2, 0) is 16.5 Å². The molecule has 116 valence electrons. The van der Waals surface area contributed by atoms with Crippen molar-refractivity contribution in [1.82, 2.24) is 19.5 Å². The zero-order chi connectivity index (χ0) is 15.5. The van der Waals surface area contributed by atoms with E-state index in [4.69, 9.17) is 9.47 Å². The van der Waals surface area contributed by atoms with Crippen molar-refractivity contribution in [3.8, 4) is 11.5 Å². The second kappa shape index (κ2) is 6.23. The van der Waals surface area contributed by atoms with E-state index < -0.39 is 5.97 Å². The standard InChI is InChI=1S/C15H18N4O3/c1-19-9-16-8-13(19)14-17-11(10-3-5-22-6-4-10)7-12(18-14)15(20)21-2/h7-10H,3-6H2,1-2H3. The van der Waals surface area contributed by atoms with Crippen molar-refractivity contribution in [3.63, 3.8) is 0 Å². The van der Waals surface area contributed by atoms with Crippen LogP contribution < -0.4 is 0 Å². The maximum atomic E-state index is 11.9. The number of carbonyl (C=O) groups excluding carboxylic acids is 1. The third-order valence-corrected chi connectivity index (χ3v) is 3.83. The number of aryl methyl sites for hydroxylation is 1. The first kappa shape index (κ1) is 14.6. The minimum Gasteiger partial charge on any atom is -0.464 e. The number of imidazole rings is 1. The molecule has 0 aromatic carbocycles. The fraction of sp³-hybridized carbons (Fsp3) is 0.467.